The van der Waals surface area contributed by atoms with E-state index in [4.69, 9.17) is 28.6 Å². The molecule has 7 nitrogen and oxygen atoms in total. The molecule has 3 aromatic rings. The van der Waals surface area contributed by atoms with Crippen molar-refractivity contribution in [3.05, 3.63) is 73.9 Å². The first-order valence-electron chi connectivity index (χ1n) is 11.8. The van der Waals surface area contributed by atoms with E-state index >= 15 is 0 Å². The first-order valence-corrected chi connectivity index (χ1v) is 13.4. The molecule has 1 aliphatic carbocycles. The number of aryl methyl sites for hydroxylation is 2. The summed E-state index contributed by atoms with van der Waals surface area (Å²) >= 11 is 13.0. The molecule has 0 radical (unpaired) electrons. The van der Waals surface area contributed by atoms with Crippen molar-refractivity contribution >= 4 is 69.8 Å². The molecule has 37 heavy (non-hydrogen) atoms. The Kier molecular flexibility index (Phi) is 6.78. The highest BCUT2D eigenvalue weighted by Gasteiger charge is 2.35. The van der Waals surface area contributed by atoms with Crippen molar-refractivity contribution in [2.75, 3.05) is 12.0 Å². The van der Waals surface area contributed by atoms with E-state index in [2.05, 4.69) is 5.32 Å². The van der Waals surface area contributed by atoms with E-state index in [1.165, 1.54) is 16.9 Å². The standard InChI is InChI=1S/C27H24ClN3O4S2/c1-14-11-16(12-20-23(32)29-27(36)31(24(20)33)18-8-6-7-17(28)13-18)15(2)30(14)25-22(26(34)35-3)19-9-4-5-10-21(19)37-25/h6-8,11-13H,4-5,9-10H2,1-3H3,(H,29,32,36)/b20-12+. The van der Waals surface area contributed by atoms with E-state index in [0.717, 1.165) is 47.6 Å². The van der Waals surface area contributed by atoms with Gasteiger partial charge in [-0.3, -0.25) is 19.8 Å². The van der Waals surface area contributed by atoms with Crippen LogP contribution in [0.1, 0.15) is 50.6 Å². The third-order valence-electron chi connectivity index (χ3n) is 6.68. The molecule has 0 unspecified atom stereocenters. The van der Waals surface area contributed by atoms with Crippen LogP contribution in [-0.2, 0) is 27.2 Å². The zero-order chi connectivity index (χ0) is 26.4. The highest BCUT2D eigenvalue weighted by Crippen LogP contribution is 2.39. The number of esters is 1. The van der Waals surface area contributed by atoms with Crippen LogP contribution in [0.2, 0.25) is 5.02 Å². The minimum Gasteiger partial charge on any atom is -0.465 e. The number of anilines is 1. The summed E-state index contributed by atoms with van der Waals surface area (Å²) in [6, 6.07) is 8.61. The summed E-state index contributed by atoms with van der Waals surface area (Å²) in [7, 11) is 1.40. The number of carbonyl (C=O) groups is 3. The molecule has 1 N–H and O–H groups in total. The molecular formula is C27H24ClN3O4S2. The highest BCUT2D eigenvalue weighted by atomic mass is 35.5. The van der Waals surface area contributed by atoms with E-state index in [9.17, 15) is 14.4 Å². The first kappa shape index (κ1) is 25.4. The average Bonchev–Trinajstić information content (AvgIpc) is 3.37. The molecular weight excluding hydrogens is 530 g/mol. The van der Waals surface area contributed by atoms with Crippen molar-refractivity contribution in [2.45, 2.75) is 39.5 Å². The van der Waals surface area contributed by atoms with Crippen LogP contribution in [0.25, 0.3) is 11.1 Å². The number of nitrogens with one attached hydrogen (secondary N) is 1. The summed E-state index contributed by atoms with van der Waals surface area (Å²) in [4.78, 5) is 41.6. The predicted molar refractivity (Wildman–Crippen MR) is 149 cm³/mol. The van der Waals surface area contributed by atoms with Crippen molar-refractivity contribution < 1.29 is 19.1 Å². The number of hydrogen-bond donors (Lipinski definition) is 1. The van der Waals surface area contributed by atoms with Gasteiger partial charge in [0.1, 0.15) is 10.6 Å². The van der Waals surface area contributed by atoms with E-state index in [0.29, 0.717) is 21.8 Å². The minimum absolute atomic E-state index is 0.00762. The third kappa shape index (κ3) is 4.41. The number of fused-ring (bicyclic) bond motifs is 1. The number of hydrogen-bond acceptors (Lipinski definition) is 6. The Labute approximate surface area is 228 Å². The zero-order valence-electron chi connectivity index (χ0n) is 20.5. The lowest BCUT2D eigenvalue weighted by Crippen LogP contribution is -2.54. The fourth-order valence-corrected chi connectivity index (χ4v) is 6.88. The van der Waals surface area contributed by atoms with Crippen molar-refractivity contribution in [1.82, 2.24) is 9.88 Å². The number of carbonyl (C=O) groups excluding carboxylic acids is 3. The van der Waals surface area contributed by atoms with Crippen LogP contribution in [0.5, 0.6) is 0 Å². The molecule has 190 valence electrons. The zero-order valence-corrected chi connectivity index (χ0v) is 22.9. The maximum absolute atomic E-state index is 13.5. The van der Waals surface area contributed by atoms with Crippen molar-refractivity contribution in [2.24, 2.45) is 0 Å². The first-order chi connectivity index (χ1) is 17.7. The highest BCUT2D eigenvalue weighted by molar-refractivity contribution is 7.80. The molecule has 2 aliphatic rings. The smallest absolute Gasteiger partial charge is 0.341 e. The number of amides is 2. The normalized spacial score (nSPS) is 16.7. The maximum atomic E-state index is 13.5. The summed E-state index contributed by atoms with van der Waals surface area (Å²) in [5, 5.41) is 3.85. The Hall–Kier alpha value is -3.27. The number of thiophene rings is 1. The topological polar surface area (TPSA) is 80.6 Å². The second kappa shape index (κ2) is 9.89. The Balaban J connectivity index is 1.60. The molecule has 1 saturated heterocycles. The van der Waals surface area contributed by atoms with Crippen LogP contribution in [0.3, 0.4) is 0 Å². The molecule has 0 bridgehead atoms. The van der Waals surface area contributed by atoms with Gasteiger partial charge in [0.25, 0.3) is 11.8 Å². The van der Waals surface area contributed by atoms with E-state index in [-0.39, 0.29) is 16.7 Å². The van der Waals surface area contributed by atoms with E-state index in [1.807, 2.05) is 24.5 Å². The predicted octanol–water partition coefficient (Wildman–Crippen LogP) is 5.31. The van der Waals surface area contributed by atoms with Gasteiger partial charge in [0.2, 0.25) is 0 Å². The molecule has 0 atom stereocenters. The van der Waals surface area contributed by atoms with Crippen LogP contribution in [0, 0.1) is 13.8 Å². The van der Waals surface area contributed by atoms with Gasteiger partial charge in [-0.25, -0.2) is 4.79 Å². The quantitative estimate of drug-likeness (QED) is 0.205. The Morgan fingerprint density at radius 1 is 1.19 bits per heavy atom. The van der Waals surface area contributed by atoms with E-state index in [1.54, 1.807) is 41.7 Å². The molecule has 2 aromatic heterocycles. The van der Waals surface area contributed by atoms with E-state index < -0.39 is 11.8 Å². The number of methoxy groups -OCH3 is 1. The Morgan fingerprint density at radius 3 is 2.68 bits per heavy atom. The molecule has 0 saturated carbocycles. The molecule has 0 spiro atoms. The van der Waals surface area contributed by atoms with Gasteiger partial charge in [-0.15, -0.1) is 11.3 Å². The maximum Gasteiger partial charge on any atom is 0.341 e. The largest absolute Gasteiger partial charge is 0.465 e. The number of aromatic nitrogens is 1. The third-order valence-corrected chi connectivity index (χ3v) is 8.48. The minimum atomic E-state index is -0.570. The van der Waals surface area contributed by atoms with Crippen molar-refractivity contribution in [3.8, 4) is 5.00 Å². The number of nitrogens with zero attached hydrogens (tertiary/aromatic N) is 2. The number of rotatable bonds is 4. The monoisotopic (exact) mass is 553 g/mol. The lowest BCUT2D eigenvalue weighted by Gasteiger charge is -2.29. The molecule has 1 aliphatic heterocycles. The van der Waals surface area contributed by atoms with Crippen molar-refractivity contribution in [1.29, 1.82) is 0 Å². The molecule has 3 heterocycles. The van der Waals surface area contributed by atoms with Crippen LogP contribution in [0.15, 0.2) is 35.9 Å². The Morgan fingerprint density at radius 2 is 1.95 bits per heavy atom. The van der Waals surface area contributed by atoms with Gasteiger partial charge in [-0.1, -0.05) is 17.7 Å². The van der Waals surface area contributed by atoms with Gasteiger partial charge < -0.3 is 9.30 Å². The molecule has 10 heteroatoms. The van der Waals surface area contributed by atoms with Gasteiger partial charge in [0.05, 0.1) is 18.4 Å². The SMILES string of the molecule is COC(=O)c1c(-n2c(C)cc(/C=C3\C(=O)NC(=S)N(c4cccc(Cl)c4)C3=O)c2C)sc2c1CCCC2. The van der Waals surface area contributed by atoms with Crippen LogP contribution < -0.4 is 10.2 Å². The fraction of sp³-hybridized carbons (Fsp3) is 0.259. The van der Waals surface area contributed by atoms with Gasteiger partial charge in [0, 0.05) is 21.3 Å². The van der Waals surface area contributed by atoms with Gasteiger partial charge in [0.15, 0.2) is 5.11 Å². The average molecular weight is 554 g/mol. The van der Waals surface area contributed by atoms with Crippen LogP contribution in [-0.4, -0.2) is 34.6 Å². The number of benzene rings is 1. The lowest BCUT2D eigenvalue weighted by atomic mass is 9.95. The van der Waals surface area contributed by atoms with Crippen LogP contribution >= 0.6 is 35.2 Å². The number of halogens is 1. The molecule has 5 rings (SSSR count). The van der Waals surface area contributed by atoms with Gasteiger partial charge >= 0.3 is 5.97 Å². The fourth-order valence-electron chi connectivity index (χ4n) is 4.93. The van der Waals surface area contributed by atoms with Gasteiger partial charge in [-0.05, 0) is 93.2 Å². The van der Waals surface area contributed by atoms with Gasteiger partial charge in [-0.2, -0.15) is 0 Å². The lowest BCUT2D eigenvalue weighted by molar-refractivity contribution is -0.122. The summed E-state index contributed by atoms with van der Waals surface area (Å²) in [5.74, 6) is -1.46. The summed E-state index contributed by atoms with van der Waals surface area (Å²) < 4.78 is 7.16. The van der Waals surface area contributed by atoms with Crippen LogP contribution in [0.4, 0.5) is 5.69 Å². The summed E-state index contributed by atoms with van der Waals surface area (Å²) in [6.45, 7) is 3.84. The molecule has 2 amide bonds. The number of thiocarbonyl (C=S) groups is 1. The Bertz CT molecular complexity index is 1520. The summed E-state index contributed by atoms with van der Waals surface area (Å²) in [5.41, 5.74) is 4.45. The second-order valence-electron chi connectivity index (χ2n) is 8.98. The number of ether oxygens (including phenoxy) is 1. The molecule has 1 aromatic carbocycles. The van der Waals surface area contributed by atoms with Crippen molar-refractivity contribution in [3.63, 3.8) is 0 Å². The second-order valence-corrected chi connectivity index (χ2v) is 10.9. The summed E-state index contributed by atoms with van der Waals surface area (Å²) in [6.07, 6.45) is 5.49. The molecule has 1 fully saturated rings.